The Morgan fingerprint density at radius 1 is 0.875 bits per heavy atom. The zero-order chi connectivity index (χ0) is 11.9. The molecule has 1 nitrogen and oxygen atoms in total. The molecule has 1 atom stereocenters. The maximum absolute atomic E-state index is 2.60. The van der Waals surface area contributed by atoms with E-state index in [-0.39, 0.29) is 0 Å². The second kappa shape index (κ2) is 4.01. The van der Waals surface area contributed by atoms with Crippen LogP contribution >= 0.6 is 0 Å². The zero-order valence-corrected chi connectivity index (χ0v) is 11.8. The Morgan fingerprint density at radius 3 is 1.94 bits per heavy atom. The molecule has 0 radical (unpaired) electrons. The second-order valence-corrected chi connectivity index (χ2v) is 6.98. The second-order valence-electron chi connectivity index (χ2n) is 6.98. The van der Waals surface area contributed by atoms with Crippen molar-refractivity contribution < 1.29 is 4.48 Å². The molecule has 16 heavy (non-hydrogen) atoms. The van der Waals surface area contributed by atoms with Gasteiger partial charge in [0.25, 0.3) is 0 Å². The highest BCUT2D eigenvalue weighted by Crippen LogP contribution is 2.52. The van der Waals surface area contributed by atoms with E-state index < -0.39 is 0 Å². The van der Waals surface area contributed by atoms with Crippen LogP contribution in [0.15, 0.2) is 0 Å². The van der Waals surface area contributed by atoms with Crippen molar-refractivity contribution in [2.75, 3.05) is 19.6 Å². The third-order valence-electron chi connectivity index (χ3n) is 6.25. The highest BCUT2D eigenvalue weighted by molar-refractivity contribution is 4.96. The summed E-state index contributed by atoms with van der Waals surface area (Å²) in [4.78, 5) is 0. The van der Waals surface area contributed by atoms with E-state index in [4.69, 9.17) is 0 Å². The molecule has 1 unspecified atom stereocenters. The fourth-order valence-electron chi connectivity index (χ4n) is 4.62. The molecule has 1 aliphatic carbocycles. The summed E-state index contributed by atoms with van der Waals surface area (Å²) < 4.78 is 1.42. The van der Waals surface area contributed by atoms with Crippen LogP contribution in [-0.4, -0.2) is 29.7 Å². The lowest BCUT2D eigenvalue weighted by Gasteiger charge is -2.59. The van der Waals surface area contributed by atoms with Gasteiger partial charge in [-0.05, 0) is 26.7 Å². The van der Waals surface area contributed by atoms with Crippen LogP contribution in [0.4, 0.5) is 0 Å². The molecule has 94 valence electrons. The van der Waals surface area contributed by atoms with Gasteiger partial charge < -0.3 is 4.48 Å². The van der Waals surface area contributed by atoms with E-state index in [1.165, 1.54) is 62.6 Å². The number of hydrogen-bond acceptors (Lipinski definition) is 0. The minimum atomic E-state index is 0.533. The Labute approximate surface area is 102 Å². The van der Waals surface area contributed by atoms with Gasteiger partial charge in [0.1, 0.15) is 5.54 Å². The lowest BCUT2D eigenvalue weighted by Crippen LogP contribution is -2.68. The minimum Gasteiger partial charge on any atom is -0.319 e. The maximum Gasteiger partial charge on any atom is 0.101 e. The predicted molar refractivity (Wildman–Crippen MR) is 70.4 cm³/mol. The molecule has 2 fully saturated rings. The van der Waals surface area contributed by atoms with Gasteiger partial charge in [-0.3, -0.25) is 0 Å². The summed E-state index contributed by atoms with van der Waals surface area (Å²) in [6.45, 7) is 14.3. The quantitative estimate of drug-likeness (QED) is 0.623. The topological polar surface area (TPSA) is 0 Å². The van der Waals surface area contributed by atoms with Crippen LogP contribution in [0.3, 0.4) is 0 Å². The summed E-state index contributed by atoms with van der Waals surface area (Å²) in [6, 6.07) is 0. The first kappa shape index (κ1) is 12.4. The molecule has 0 spiro atoms. The summed E-state index contributed by atoms with van der Waals surface area (Å²) in [5.74, 6) is 0. The van der Waals surface area contributed by atoms with Crippen LogP contribution in [0.1, 0.15) is 66.2 Å². The third-order valence-corrected chi connectivity index (χ3v) is 6.25. The number of likely N-dealkylation sites (tertiary alicyclic amines) is 1. The lowest BCUT2D eigenvalue weighted by atomic mass is 9.62. The number of rotatable bonds is 2. The van der Waals surface area contributed by atoms with Crippen LogP contribution in [0, 0.1) is 5.41 Å². The number of nitrogens with zero attached hydrogens (tertiary/aromatic N) is 1. The van der Waals surface area contributed by atoms with Crippen molar-refractivity contribution in [3.63, 3.8) is 0 Å². The highest BCUT2D eigenvalue weighted by atomic mass is 15.4. The Morgan fingerprint density at radius 2 is 1.44 bits per heavy atom. The molecule has 2 aliphatic rings. The van der Waals surface area contributed by atoms with Crippen molar-refractivity contribution in [2.45, 2.75) is 71.8 Å². The maximum atomic E-state index is 2.60. The van der Waals surface area contributed by atoms with E-state index in [1.54, 1.807) is 0 Å². The minimum absolute atomic E-state index is 0.533. The van der Waals surface area contributed by atoms with Crippen molar-refractivity contribution in [1.82, 2.24) is 0 Å². The van der Waals surface area contributed by atoms with Crippen LogP contribution in [0.2, 0.25) is 0 Å². The first-order chi connectivity index (χ1) is 7.47. The van der Waals surface area contributed by atoms with Gasteiger partial charge in [0.15, 0.2) is 0 Å². The Bertz CT molecular complexity index is 250. The molecule has 0 aromatic carbocycles. The van der Waals surface area contributed by atoms with Crippen molar-refractivity contribution >= 4 is 0 Å². The Hall–Kier alpha value is -0.0400. The van der Waals surface area contributed by atoms with E-state index in [2.05, 4.69) is 27.7 Å². The van der Waals surface area contributed by atoms with Gasteiger partial charge in [-0.15, -0.1) is 0 Å². The van der Waals surface area contributed by atoms with Crippen LogP contribution < -0.4 is 0 Å². The van der Waals surface area contributed by atoms with Gasteiger partial charge >= 0.3 is 0 Å². The van der Waals surface area contributed by atoms with Crippen LogP contribution in [0.5, 0.6) is 0 Å². The summed E-state index contributed by atoms with van der Waals surface area (Å²) >= 11 is 0. The Kier molecular flexibility index (Phi) is 3.11. The van der Waals surface area contributed by atoms with Gasteiger partial charge in [-0.2, -0.15) is 0 Å². The first-order valence-corrected chi connectivity index (χ1v) is 7.34. The zero-order valence-electron chi connectivity index (χ0n) is 11.8. The van der Waals surface area contributed by atoms with Gasteiger partial charge in [-0.1, -0.05) is 20.3 Å². The van der Waals surface area contributed by atoms with E-state index >= 15 is 0 Å². The van der Waals surface area contributed by atoms with Gasteiger partial charge in [0, 0.05) is 24.7 Å². The van der Waals surface area contributed by atoms with Gasteiger partial charge in [0.05, 0.1) is 19.6 Å². The van der Waals surface area contributed by atoms with E-state index in [0.29, 0.717) is 11.0 Å². The van der Waals surface area contributed by atoms with Gasteiger partial charge in [0.2, 0.25) is 0 Å². The van der Waals surface area contributed by atoms with E-state index in [1.807, 2.05) is 0 Å². The average molecular weight is 224 g/mol. The fraction of sp³-hybridized carbons (Fsp3) is 1.00. The molecule has 1 heterocycles. The van der Waals surface area contributed by atoms with E-state index in [0.717, 1.165) is 0 Å². The number of hydrogen-bond donors (Lipinski definition) is 0. The molecule has 2 rings (SSSR count). The molecule has 0 bridgehead atoms. The van der Waals surface area contributed by atoms with Crippen LogP contribution in [-0.2, 0) is 0 Å². The third kappa shape index (κ3) is 1.54. The summed E-state index contributed by atoms with van der Waals surface area (Å²) in [7, 11) is 0. The normalized spacial score (nSPS) is 37.5. The first-order valence-electron chi connectivity index (χ1n) is 7.34. The summed E-state index contributed by atoms with van der Waals surface area (Å²) in [5.41, 5.74) is 1.07. The van der Waals surface area contributed by atoms with Crippen molar-refractivity contribution in [1.29, 1.82) is 0 Å². The van der Waals surface area contributed by atoms with Crippen molar-refractivity contribution in [3.8, 4) is 0 Å². The summed E-state index contributed by atoms with van der Waals surface area (Å²) in [5, 5.41) is 0. The van der Waals surface area contributed by atoms with Crippen molar-refractivity contribution in [2.24, 2.45) is 5.41 Å². The number of quaternary nitrogens is 1. The smallest absolute Gasteiger partial charge is 0.101 e. The molecular formula is C15H30N+. The van der Waals surface area contributed by atoms with Crippen molar-refractivity contribution in [3.05, 3.63) is 0 Å². The molecular weight excluding hydrogens is 194 g/mol. The molecule has 0 N–H and O–H groups in total. The molecule has 0 aromatic rings. The molecule has 0 aromatic heterocycles. The predicted octanol–water partition coefficient (Wildman–Crippen LogP) is 3.98. The molecule has 0 amide bonds. The molecule has 1 saturated carbocycles. The molecule has 1 aliphatic heterocycles. The standard InChI is InChI=1S/C15H30N/c1-5-16(12-8-9-13-16)15(4)11-7-6-10-14(15,2)3/h5-13H2,1-4H3/q+1. The monoisotopic (exact) mass is 224 g/mol. The summed E-state index contributed by atoms with van der Waals surface area (Å²) in [6.07, 6.45) is 8.71. The van der Waals surface area contributed by atoms with Gasteiger partial charge in [-0.25, -0.2) is 0 Å². The van der Waals surface area contributed by atoms with Crippen LogP contribution in [0.25, 0.3) is 0 Å². The fourth-order valence-corrected chi connectivity index (χ4v) is 4.62. The lowest BCUT2D eigenvalue weighted by molar-refractivity contribution is -0.972. The SMILES string of the molecule is CC[N+]1(C2(C)CCCCC2(C)C)CCCC1. The van der Waals surface area contributed by atoms with E-state index in [9.17, 15) is 0 Å². The molecule has 1 saturated heterocycles. The average Bonchev–Trinajstić information content (AvgIpc) is 2.72. The molecule has 1 heteroatoms. The largest absolute Gasteiger partial charge is 0.319 e. The highest BCUT2D eigenvalue weighted by Gasteiger charge is 2.57. The Balaban J connectivity index is 2.34.